The van der Waals surface area contributed by atoms with Crippen LogP contribution >= 0.6 is 0 Å². The van der Waals surface area contributed by atoms with Gasteiger partial charge in [-0.15, -0.1) is 0 Å². The zero-order chi connectivity index (χ0) is 58.1. The molecule has 0 unspecified atom stereocenters. The minimum atomic E-state index is -0.902. The molecule has 0 atom stereocenters. The van der Waals surface area contributed by atoms with Crippen LogP contribution in [-0.2, 0) is 5.41 Å². The van der Waals surface area contributed by atoms with E-state index < -0.39 is 5.41 Å². The van der Waals surface area contributed by atoms with E-state index in [1.165, 1.54) is 89.0 Å². The molecule has 0 amide bonds. The van der Waals surface area contributed by atoms with Gasteiger partial charge in [0, 0.05) is 68.1 Å². The van der Waals surface area contributed by atoms with Gasteiger partial charge >= 0.3 is 0 Å². The molecule has 0 heterocycles. The Kier molecular flexibility index (Phi) is 13.2. The Labute approximate surface area is 501 Å². The van der Waals surface area contributed by atoms with E-state index >= 15 is 0 Å². The van der Waals surface area contributed by atoms with Gasteiger partial charge in [-0.05, 0) is 278 Å². The number of fused-ring (bicyclic) bond motifs is 10. The predicted molar refractivity (Wildman–Crippen MR) is 359 cm³/mol. The first kappa shape index (κ1) is 52.9. The quantitative estimate of drug-likeness (QED) is 0.121. The van der Waals surface area contributed by atoms with Crippen molar-refractivity contribution in [1.82, 2.24) is 0 Å². The highest BCUT2D eigenvalue weighted by Gasteiger charge is 2.54. The lowest BCUT2D eigenvalue weighted by Gasteiger charge is -2.37. The van der Waals surface area contributed by atoms with Crippen molar-refractivity contribution in [2.75, 3.05) is 19.6 Å². The van der Waals surface area contributed by atoms with E-state index in [0.717, 1.165) is 68.2 Å². The standard InChI is InChI=1S/C81H68N4/c1-53-18-9-26-61(42-53)82(62-27-10-19-54(2)43-62)69-36-39-72-73-40-37-70(83(63-28-11-20-55(3)44-63)64-29-12-21-56(4)45-64)51-77(73)81(76(72)50-69)78-52-71(84(65-30-13-22-57(5)46-65)66-31-14-23-58(6)47-66)38-41-74(78)75-34-17-35-79(80(75)81)85(67-32-15-24-59(7)48-67)68-33-16-25-60(8)49-68/h9-52H,1-8H3. The molecule has 0 fully saturated rings. The molecule has 14 rings (SSSR count). The summed E-state index contributed by atoms with van der Waals surface area (Å²) >= 11 is 0. The van der Waals surface area contributed by atoms with E-state index in [4.69, 9.17) is 0 Å². The molecule has 12 aromatic rings. The number of hydrogen-bond acceptors (Lipinski definition) is 4. The minimum Gasteiger partial charge on any atom is -0.310 e. The van der Waals surface area contributed by atoms with Crippen molar-refractivity contribution in [3.8, 4) is 22.3 Å². The average Bonchev–Trinajstić information content (AvgIpc) is 1.56. The average molecular weight is 1100 g/mol. The Hall–Kier alpha value is -10.2. The molecule has 0 saturated heterocycles. The van der Waals surface area contributed by atoms with E-state index in [-0.39, 0.29) is 0 Å². The van der Waals surface area contributed by atoms with Crippen molar-refractivity contribution in [2.24, 2.45) is 0 Å². The van der Waals surface area contributed by atoms with Crippen molar-refractivity contribution in [1.29, 1.82) is 0 Å². The van der Waals surface area contributed by atoms with Crippen molar-refractivity contribution in [2.45, 2.75) is 60.8 Å². The van der Waals surface area contributed by atoms with E-state index in [0.29, 0.717) is 0 Å². The van der Waals surface area contributed by atoms with E-state index in [2.05, 4.69) is 342 Å². The summed E-state index contributed by atoms with van der Waals surface area (Å²) in [7, 11) is 0. The van der Waals surface area contributed by atoms with Crippen molar-refractivity contribution < 1.29 is 0 Å². The Bertz CT molecular complexity index is 4110. The number of benzene rings is 12. The van der Waals surface area contributed by atoms with E-state index in [9.17, 15) is 0 Å². The second-order valence-electron chi connectivity index (χ2n) is 23.7. The summed E-state index contributed by atoms with van der Waals surface area (Å²) in [4.78, 5) is 9.91. The molecule has 85 heavy (non-hydrogen) atoms. The molecule has 4 heteroatoms. The summed E-state index contributed by atoms with van der Waals surface area (Å²) in [6.07, 6.45) is 0. The third kappa shape index (κ3) is 9.26. The van der Waals surface area contributed by atoms with Crippen molar-refractivity contribution in [3.05, 3.63) is 334 Å². The number of aryl methyl sites for hydroxylation is 8. The molecule has 412 valence electrons. The lowest BCUT2D eigenvalue weighted by molar-refractivity contribution is 0.792. The summed E-state index contributed by atoms with van der Waals surface area (Å²) in [5, 5.41) is 0. The van der Waals surface area contributed by atoms with Crippen LogP contribution in [0.3, 0.4) is 0 Å². The maximum absolute atomic E-state index is 2.55. The van der Waals surface area contributed by atoms with Gasteiger partial charge < -0.3 is 19.6 Å². The molecule has 4 nitrogen and oxygen atoms in total. The summed E-state index contributed by atoms with van der Waals surface area (Å²) in [6, 6.07) is 101. The topological polar surface area (TPSA) is 13.0 Å². The van der Waals surface area contributed by atoms with E-state index in [1.54, 1.807) is 0 Å². The Balaban J connectivity index is 1.15. The molecule has 1 spiro atoms. The van der Waals surface area contributed by atoms with Crippen LogP contribution in [0.2, 0.25) is 0 Å². The fraction of sp³-hybridized carbons (Fsp3) is 0.111. The van der Waals surface area contributed by atoms with Gasteiger partial charge in [0.15, 0.2) is 0 Å². The highest BCUT2D eigenvalue weighted by Crippen LogP contribution is 2.67. The molecule has 0 N–H and O–H groups in total. The fourth-order valence-electron chi connectivity index (χ4n) is 13.7. The largest absolute Gasteiger partial charge is 0.310 e. The summed E-state index contributed by atoms with van der Waals surface area (Å²) in [5.41, 5.74) is 31.7. The monoisotopic (exact) mass is 1100 g/mol. The van der Waals surface area contributed by atoms with Gasteiger partial charge in [0.1, 0.15) is 0 Å². The highest BCUT2D eigenvalue weighted by molar-refractivity contribution is 6.02. The molecule has 0 bridgehead atoms. The summed E-state index contributed by atoms with van der Waals surface area (Å²) in [5.74, 6) is 0. The van der Waals surface area contributed by atoms with Crippen LogP contribution in [-0.4, -0.2) is 0 Å². The lowest BCUT2D eigenvalue weighted by atomic mass is 9.69. The molecule has 0 saturated carbocycles. The maximum Gasteiger partial charge on any atom is 0.0748 e. The molecule has 12 aromatic carbocycles. The van der Waals surface area contributed by atoms with Gasteiger partial charge in [-0.3, -0.25) is 0 Å². The predicted octanol–water partition coefficient (Wildman–Crippen LogP) is 22.4. The van der Waals surface area contributed by atoms with Gasteiger partial charge in [-0.1, -0.05) is 127 Å². The molecule has 0 aliphatic heterocycles. The summed E-state index contributed by atoms with van der Waals surface area (Å²) < 4.78 is 0. The Morgan fingerprint density at radius 3 is 0.682 bits per heavy atom. The van der Waals surface area contributed by atoms with E-state index in [1.807, 2.05) is 0 Å². The Morgan fingerprint density at radius 1 is 0.200 bits per heavy atom. The lowest BCUT2D eigenvalue weighted by Crippen LogP contribution is -2.29. The smallest absolute Gasteiger partial charge is 0.0748 e. The molecular formula is C81H68N4. The zero-order valence-corrected chi connectivity index (χ0v) is 49.7. The van der Waals surface area contributed by atoms with Crippen LogP contribution in [0, 0.1) is 55.4 Å². The first-order valence-corrected chi connectivity index (χ1v) is 29.7. The fourth-order valence-corrected chi connectivity index (χ4v) is 13.7. The van der Waals surface area contributed by atoms with Gasteiger partial charge in [0.25, 0.3) is 0 Å². The third-order valence-electron chi connectivity index (χ3n) is 17.3. The molecule has 0 aromatic heterocycles. The van der Waals surface area contributed by atoms with Gasteiger partial charge in [0.05, 0.1) is 11.1 Å². The normalized spacial score (nSPS) is 12.3. The number of nitrogens with zero attached hydrogens (tertiary/aromatic N) is 4. The summed E-state index contributed by atoms with van der Waals surface area (Å²) in [6.45, 7) is 17.6. The number of anilines is 12. The van der Waals surface area contributed by atoms with Crippen LogP contribution in [0.5, 0.6) is 0 Å². The number of hydrogen-bond donors (Lipinski definition) is 0. The van der Waals surface area contributed by atoms with Gasteiger partial charge in [0.2, 0.25) is 0 Å². The molecule has 2 aliphatic carbocycles. The first-order valence-electron chi connectivity index (χ1n) is 29.7. The minimum absolute atomic E-state index is 0.902. The van der Waals surface area contributed by atoms with Crippen LogP contribution in [0.25, 0.3) is 22.3 Å². The molecule has 0 radical (unpaired) electrons. The highest BCUT2D eigenvalue weighted by atomic mass is 15.2. The Morgan fingerprint density at radius 2 is 0.424 bits per heavy atom. The molecule has 2 aliphatic rings. The number of rotatable bonds is 12. The van der Waals surface area contributed by atoms with Crippen LogP contribution in [0.4, 0.5) is 68.2 Å². The van der Waals surface area contributed by atoms with Crippen LogP contribution in [0.15, 0.2) is 267 Å². The molecular weight excluding hydrogens is 1030 g/mol. The van der Waals surface area contributed by atoms with Gasteiger partial charge in [-0.25, -0.2) is 0 Å². The maximum atomic E-state index is 2.55. The first-order chi connectivity index (χ1) is 41.4. The SMILES string of the molecule is Cc1cccc(N(c2cccc(C)c2)c2ccc3c(c2)C2(c4cc(N(c5cccc(C)c5)c5cccc(C)c5)ccc4-3)c3cc(N(c4cccc(C)c4)c4cccc(C)c4)ccc3-c3cccc(N(c4cccc(C)c4)c4cccc(C)c4)c32)c1. The second-order valence-corrected chi connectivity index (χ2v) is 23.7. The van der Waals surface area contributed by atoms with Crippen molar-refractivity contribution >= 4 is 68.2 Å². The van der Waals surface area contributed by atoms with Crippen LogP contribution < -0.4 is 19.6 Å². The van der Waals surface area contributed by atoms with Crippen LogP contribution in [0.1, 0.15) is 66.8 Å². The second kappa shape index (κ2) is 21.2. The van der Waals surface area contributed by atoms with Gasteiger partial charge in [-0.2, -0.15) is 0 Å². The zero-order valence-electron chi connectivity index (χ0n) is 49.7. The third-order valence-corrected chi connectivity index (χ3v) is 17.3. The van der Waals surface area contributed by atoms with Crippen molar-refractivity contribution in [3.63, 3.8) is 0 Å².